The Morgan fingerprint density at radius 2 is 2.18 bits per heavy atom. The average Bonchev–Trinajstić information content (AvgIpc) is 2.14. The molecule has 0 unspecified atom stereocenters. The van der Waals surface area contributed by atoms with Crippen molar-refractivity contribution in [3.05, 3.63) is 23.9 Å². The molecule has 94 valence electrons. The Kier molecular flexibility index (Phi) is 4.10. The van der Waals surface area contributed by atoms with Crippen molar-refractivity contribution in [3.63, 3.8) is 0 Å². The number of allylic oxidation sites excluding steroid dienone is 3. The molecule has 1 N–H and O–H groups in total. The van der Waals surface area contributed by atoms with E-state index in [9.17, 15) is 4.79 Å². The van der Waals surface area contributed by atoms with Crippen LogP contribution < -0.4 is 0 Å². The van der Waals surface area contributed by atoms with Crippen LogP contribution >= 0.6 is 0 Å². The molecule has 0 saturated carbocycles. The first-order chi connectivity index (χ1) is 7.78. The van der Waals surface area contributed by atoms with Gasteiger partial charge in [-0.05, 0) is 38.8 Å². The first-order valence-corrected chi connectivity index (χ1v) is 5.67. The quantitative estimate of drug-likeness (QED) is 0.760. The molecule has 0 aliphatic heterocycles. The van der Waals surface area contributed by atoms with Gasteiger partial charge in [0.05, 0.1) is 0 Å². The Morgan fingerprint density at radius 3 is 2.71 bits per heavy atom. The smallest absolute Gasteiger partial charge is 0.414 e. The molecule has 17 heavy (non-hydrogen) atoms. The van der Waals surface area contributed by atoms with Crippen LogP contribution in [0.1, 0.15) is 33.6 Å². The summed E-state index contributed by atoms with van der Waals surface area (Å²) in [7, 11) is 1.67. The third kappa shape index (κ3) is 4.85. The molecule has 0 aromatic carbocycles. The molecular formula is C13H20N2O2. The van der Waals surface area contributed by atoms with Gasteiger partial charge in [0.1, 0.15) is 5.60 Å². The topological polar surface area (TPSA) is 53.4 Å². The van der Waals surface area contributed by atoms with Crippen LogP contribution in [0.3, 0.4) is 0 Å². The van der Waals surface area contributed by atoms with Crippen LogP contribution in [-0.4, -0.2) is 29.4 Å². The van der Waals surface area contributed by atoms with Gasteiger partial charge in [-0.3, -0.25) is 4.90 Å². The van der Waals surface area contributed by atoms with Crippen molar-refractivity contribution in [1.29, 1.82) is 5.41 Å². The summed E-state index contributed by atoms with van der Waals surface area (Å²) in [5.41, 5.74) is 1.13. The Bertz CT molecular complexity index is 375. The molecular weight excluding hydrogens is 216 g/mol. The second-order valence-corrected chi connectivity index (χ2v) is 5.19. The van der Waals surface area contributed by atoms with Crippen LogP contribution in [0.15, 0.2) is 23.9 Å². The number of nitrogens with zero attached hydrogens (tertiary/aromatic N) is 1. The van der Waals surface area contributed by atoms with Crippen molar-refractivity contribution in [2.24, 2.45) is 0 Å². The molecule has 0 saturated heterocycles. The van der Waals surface area contributed by atoms with Gasteiger partial charge in [0.15, 0.2) is 0 Å². The van der Waals surface area contributed by atoms with Crippen molar-refractivity contribution in [2.75, 3.05) is 7.05 Å². The van der Waals surface area contributed by atoms with E-state index in [0.717, 1.165) is 12.0 Å². The highest BCUT2D eigenvalue weighted by Crippen LogP contribution is 2.16. The summed E-state index contributed by atoms with van der Waals surface area (Å²) in [5.74, 6) is 0. The normalized spacial score (nSPS) is 18.4. The summed E-state index contributed by atoms with van der Waals surface area (Å²) in [6.07, 6.45) is 6.50. The first-order valence-electron chi connectivity index (χ1n) is 5.67. The lowest BCUT2D eigenvalue weighted by molar-refractivity contribution is 0.0370. The number of ether oxygens (including phenoxy) is 1. The summed E-state index contributed by atoms with van der Waals surface area (Å²) in [6.45, 7) is 5.51. The first kappa shape index (κ1) is 13.5. The SMILES string of the molecule is CN(C=C1CC=CC(=N)C1)C(=O)OC(C)(C)C. The van der Waals surface area contributed by atoms with E-state index in [0.29, 0.717) is 12.1 Å². The van der Waals surface area contributed by atoms with Crippen molar-refractivity contribution in [1.82, 2.24) is 4.90 Å². The zero-order valence-electron chi connectivity index (χ0n) is 10.9. The van der Waals surface area contributed by atoms with Gasteiger partial charge in [-0.25, -0.2) is 4.79 Å². The van der Waals surface area contributed by atoms with E-state index in [4.69, 9.17) is 10.1 Å². The van der Waals surface area contributed by atoms with Gasteiger partial charge in [0.2, 0.25) is 0 Å². The number of carbonyl (C=O) groups is 1. The Hall–Kier alpha value is -1.58. The van der Waals surface area contributed by atoms with Crippen LogP contribution in [0, 0.1) is 5.41 Å². The summed E-state index contributed by atoms with van der Waals surface area (Å²) in [4.78, 5) is 13.1. The molecule has 0 atom stereocenters. The maximum atomic E-state index is 11.7. The van der Waals surface area contributed by atoms with Crippen LogP contribution in [0.5, 0.6) is 0 Å². The molecule has 0 fully saturated rings. The molecule has 0 aromatic heterocycles. The molecule has 0 bridgehead atoms. The van der Waals surface area contributed by atoms with E-state index < -0.39 is 5.60 Å². The largest absolute Gasteiger partial charge is 0.443 e. The second-order valence-electron chi connectivity index (χ2n) is 5.19. The Balaban J connectivity index is 2.62. The lowest BCUT2D eigenvalue weighted by Gasteiger charge is -2.23. The molecule has 1 aliphatic rings. The lowest BCUT2D eigenvalue weighted by atomic mass is 10.0. The monoisotopic (exact) mass is 236 g/mol. The summed E-state index contributed by atoms with van der Waals surface area (Å²) < 4.78 is 5.24. The fourth-order valence-electron chi connectivity index (χ4n) is 1.49. The van der Waals surface area contributed by atoms with Crippen LogP contribution in [0.2, 0.25) is 0 Å². The van der Waals surface area contributed by atoms with Gasteiger partial charge >= 0.3 is 6.09 Å². The highest BCUT2D eigenvalue weighted by molar-refractivity contribution is 5.95. The minimum Gasteiger partial charge on any atom is -0.443 e. The van der Waals surface area contributed by atoms with Crippen LogP contribution in [0.25, 0.3) is 0 Å². The highest BCUT2D eigenvalue weighted by Gasteiger charge is 2.19. The maximum Gasteiger partial charge on any atom is 0.414 e. The van der Waals surface area contributed by atoms with E-state index in [1.807, 2.05) is 26.8 Å². The molecule has 4 heteroatoms. The number of carbonyl (C=O) groups excluding carboxylic acids is 1. The Morgan fingerprint density at radius 1 is 1.53 bits per heavy atom. The van der Waals surface area contributed by atoms with Gasteiger partial charge in [0, 0.05) is 25.4 Å². The maximum absolute atomic E-state index is 11.7. The van der Waals surface area contributed by atoms with Gasteiger partial charge < -0.3 is 10.1 Å². The number of nitrogens with one attached hydrogen (secondary N) is 1. The average molecular weight is 236 g/mol. The zero-order chi connectivity index (χ0) is 13.1. The van der Waals surface area contributed by atoms with Crippen molar-refractivity contribution < 1.29 is 9.53 Å². The molecule has 0 heterocycles. The van der Waals surface area contributed by atoms with E-state index in [1.54, 1.807) is 19.3 Å². The summed E-state index contributed by atoms with van der Waals surface area (Å²) >= 11 is 0. The molecule has 0 radical (unpaired) electrons. The van der Waals surface area contributed by atoms with Gasteiger partial charge in [0.25, 0.3) is 0 Å². The fraction of sp³-hybridized carbons (Fsp3) is 0.538. The molecule has 4 nitrogen and oxygen atoms in total. The number of hydrogen-bond acceptors (Lipinski definition) is 3. The fourth-order valence-corrected chi connectivity index (χ4v) is 1.49. The molecule has 0 aromatic rings. The zero-order valence-corrected chi connectivity index (χ0v) is 10.9. The molecule has 0 spiro atoms. The van der Waals surface area contributed by atoms with Crippen LogP contribution in [-0.2, 0) is 4.74 Å². The van der Waals surface area contributed by atoms with E-state index in [2.05, 4.69) is 0 Å². The molecule has 1 aliphatic carbocycles. The van der Waals surface area contributed by atoms with Gasteiger partial charge in [-0.15, -0.1) is 0 Å². The number of hydrogen-bond donors (Lipinski definition) is 1. The summed E-state index contributed by atoms with van der Waals surface area (Å²) in [5, 5.41) is 7.55. The van der Waals surface area contributed by atoms with E-state index >= 15 is 0 Å². The predicted molar refractivity (Wildman–Crippen MR) is 68.2 cm³/mol. The van der Waals surface area contributed by atoms with Gasteiger partial charge in [-0.2, -0.15) is 0 Å². The highest BCUT2D eigenvalue weighted by atomic mass is 16.6. The Labute approximate surface area is 102 Å². The van der Waals surface area contributed by atoms with Crippen molar-refractivity contribution >= 4 is 11.8 Å². The van der Waals surface area contributed by atoms with E-state index in [-0.39, 0.29) is 6.09 Å². The predicted octanol–water partition coefficient (Wildman–Crippen LogP) is 3.11. The number of amides is 1. The van der Waals surface area contributed by atoms with Crippen LogP contribution in [0.4, 0.5) is 4.79 Å². The van der Waals surface area contributed by atoms with Crippen molar-refractivity contribution in [2.45, 2.75) is 39.2 Å². The number of rotatable bonds is 1. The molecule has 1 amide bonds. The summed E-state index contributed by atoms with van der Waals surface area (Å²) in [6, 6.07) is 0. The molecule has 1 rings (SSSR count). The van der Waals surface area contributed by atoms with Gasteiger partial charge in [-0.1, -0.05) is 6.08 Å². The minimum atomic E-state index is -0.483. The lowest BCUT2D eigenvalue weighted by Crippen LogP contribution is -2.31. The van der Waals surface area contributed by atoms with E-state index in [1.165, 1.54) is 4.90 Å². The standard InChI is InChI=1S/C13H20N2O2/c1-13(2,3)17-12(16)15(4)9-10-6-5-7-11(14)8-10/h5,7,9,14H,6,8H2,1-4H3. The third-order valence-corrected chi connectivity index (χ3v) is 2.17. The minimum absolute atomic E-state index is 0.369. The second kappa shape index (κ2) is 5.17. The van der Waals surface area contributed by atoms with Crippen molar-refractivity contribution in [3.8, 4) is 0 Å². The third-order valence-electron chi connectivity index (χ3n) is 2.17.